The number of ether oxygens (including phenoxy) is 1. The quantitative estimate of drug-likeness (QED) is 0.279. The molecule has 1 atom stereocenters. The average Bonchev–Trinajstić information content (AvgIpc) is 3.50. The Labute approximate surface area is 263 Å². The summed E-state index contributed by atoms with van der Waals surface area (Å²) in [5.41, 5.74) is 2.67. The van der Waals surface area contributed by atoms with Crippen LogP contribution >= 0.6 is 0 Å². The van der Waals surface area contributed by atoms with E-state index in [2.05, 4.69) is 20.6 Å². The predicted molar refractivity (Wildman–Crippen MR) is 164 cm³/mol. The Bertz CT molecular complexity index is 1820. The number of carboxylic acids is 1. The molecule has 12 nitrogen and oxygen atoms in total. The molecule has 0 saturated carbocycles. The van der Waals surface area contributed by atoms with Crippen molar-refractivity contribution < 1.29 is 33.0 Å². The first-order valence-electron chi connectivity index (χ1n) is 14.9. The van der Waals surface area contributed by atoms with Crippen LogP contribution in [0, 0.1) is 24.5 Å². The number of piperidine rings is 1. The highest BCUT2D eigenvalue weighted by Crippen LogP contribution is 2.32. The second-order valence-electron chi connectivity index (χ2n) is 11.4. The molecule has 2 aromatic heterocycles. The first-order chi connectivity index (χ1) is 22.2. The number of aryl methyl sites for hydroxylation is 1. The van der Waals surface area contributed by atoms with Gasteiger partial charge in [-0.25, -0.2) is 14.4 Å². The number of nitrogens with one attached hydrogen (secondary N) is 2. The van der Waals surface area contributed by atoms with Crippen LogP contribution in [0.5, 0.6) is 5.75 Å². The van der Waals surface area contributed by atoms with Gasteiger partial charge in [-0.15, -0.1) is 0 Å². The number of carbonyl (C=O) groups is 3. The number of fused-ring (bicyclic) bond motifs is 1. The Balaban J connectivity index is 1.12. The molecule has 0 aliphatic carbocycles. The van der Waals surface area contributed by atoms with Crippen molar-refractivity contribution >= 4 is 34.9 Å². The maximum Gasteiger partial charge on any atom is 0.322 e. The van der Waals surface area contributed by atoms with Crippen molar-refractivity contribution in [2.75, 3.05) is 45.2 Å². The normalized spacial score (nSPS) is 17.3. The SMILES string of the molecule is COc1ccc(-c2cnc3c(Nc4ccc(C(=O)N5CCC(C(=O)N6CCNC(C(=O)O)C6)CC5)c(C)c4)nccn23)c(F)c1F. The molecule has 14 heteroatoms. The largest absolute Gasteiger partial charge is 0.494 e. The number of imidazole rings is 1. The molecule has 0 spiro atoms. The molecule has 2 aromatic carbocycles. The molecule has 240 valence electrons. The third kappa shape index (κ3) is 5.83. The second kappa shape index (κ2) is 12.7. The van der Waals surface area contributed by atoms with Gasteiger partial charge in [-0.1, -0.05) is 0 Å². The summed E-state index contributed by atoms with van der Waals surface area (Å²) in [6.45, 7) is 3.73. The number of carboxylic acid groups (broad SMARTS) is 1. The fourth-order valence-electron chi connectivity index (χ4n) is 6.09. The highest BCUT2D eigenvalue weighted by Gasteiger charge is 2.34. The maximum atomic E-state index is 14.8. The topological polar surface area (TPSA) is 141 Å². The van der Waals surface area contributed by atoms with Crippen molar-refractivity contribution in [1.29, 1.82) is 0 Å². The van der Waals surface area contributed by atoms with E-state index in [-0.39, 0.29) is 35.6 Å². The van der Waals surface area contributed by atoms with Crippen LogP contribution in [0.15, 0.2) is 48.9 Å². The molecule has 46 heavy (non-hydrogen) atoms. The van der Waals surface area contributed by atoms with Gasteiger partial charge in [-0.2, -0.15) is 4.39 Å². The molecule has 0 bridgehead atoms. The Hall–Kier alpha value is -5.11. The molecule has 2 aliphatic rings. The smallest absolute Gasteiger partial charge is 0.322 e. The number of hydrogen-bond donors (Lipinski definition) is 3. The summed E-state index contributed by atoms with van der Waals surface area (Å²) in [6, 6.07) is 7.32. The number of halogens is 2. The Morgan fingerprint density at radius 3 is 2.54 bits per heavy atom. The number of benzene rings is 2. The summed E-state index contributed by atoms with van der Waals surface area (Å²) >= 11 is 0. The fraction of sp³-hybridized carbons (Fsp3) is 0.344. The molecule has 6 rings (SSSR count). The van der Waals surface area contributed by atoms with Crippen molar-refractivity contribution in [2.45, 2.75) is 25.8 Å². The minimum atomic E-state index is -1.09. The lowest BCUT2D eigenvalue weighted by Gasteiger charge is -2.37. The van der Waals surface area contributed by atoms with Gasteiger partial charge < -0.3 is 30.3 Å². The van der Waals surface area contributed by atoms with Gasteiger partial charge in [0.25, 0.3) is 5.91 Å². The number of amides is 2. The molecule has 4 heterocycles. The predicted octanol–water partition coefficient (Wildman–Crippen LogP) is 3.47. The van der Waals surface area contributed by atoms with Gasteiger partial charge in [-0.3, -0.25) is 18.8 Å². The number of likely N-dealkylation sites (tertiary alicyclic amines) is 1. The standard InChI is InChI=1S/C32H33F2N7O5/c1-18-15-20(38-28-29-37-16-24(41(29)14-10-36-28)22-5-6-25(46-2)27(34)26(22)33)3-4-21(18)31(43)39-11-7-19(8-12-39)30(42)40-13-9-35-23(17-40)32(44)45/h3-6,10,14-16,19,23,35H,7-9,11-13,17H2,1-2H3,(H,36,38)(H,44,45). The van der Waals surface area contributed by atoms with E-state index in [1.165, 1.54) is 31.6 Å². The lowest BCUT2D eigenvalue weighted by atomic mass is 9.94. The molecule has 2 fully saturated rings. The third-order valence-electron chi connectivity index (χ3n) is 8.61. The molecule has 1 unspecified atom stereocenters. The first-order valence-corrected chi connectivity index (χ1v) is 14.9. The van der Waals surface area contributed by atoms with Gasteiger partial charge in [0, 0.05) is 67.8 Å². The summed E-state index contributed by atoms with van der Waals surface area (Å²) in [6.07, 6.45) is 5.58. The molecule has 2 saturated heterocycles. The molecule has 4 aromatic rings. The van der Waals surface area contributed by atoms with Crippen LogP contribution in [-0.2, 0) is 9.59 Å². The third-order valence-corrected chi connectivity index (χ3v) is 8.61. The van der Waals surface area contributed by atoms with Crippen molar-refractivity contribution in [1.82, 2.24) is 29.5 Å². The van der Waals surface area contributed by atoms with Crippen molar-refractivity contribution in [3.63, 3.8) is 0 Å². The monoisotopic (exact) mass is 633 g/mol. The minimum absolute atomic E-state index is 0.0191. The highest BCUT2D eigenvalue weighted by molar-refractivity contribution is 5.96. The molecule has 3 N–H and O–H groups in total. The number of piperazine rings is 1. The molecule has 2 aliphatic heterocycles. The van der Waals surface area contributed by atoms with Gasteiger partial charge in [0.05, 0.1) is 19.0 Å². The number of rotatable bonds is 7. The molecule has 0 radical (unpaired) electrons. The van der Waals surface area contributed by atoms with Gasteiger partial charge in [0.1, 0.15) is 6.04 Å². The van der Waals surface area contributed by atoms with E-state index in [4.69, 9.17) is 4.74 Å². The zero-order valence-electron chi connectivity index (χ0n) is 25.3. The molecule has 2 amide bonds. The zero-order chi connectivity index (χ0) is 32.5. The number of aromatic nitrogens is 3. The van der Waals surface area contributed by atoms with Crippen LogP contribution in [0.2, 0.25) is 0 Å². The Kier molecular flexibility index (Phi) is 8.54. The Morgan fingerprint density at radius 2 is 1.83 bits per heavy atom. The number of anilines is 2. The summed E-state index contributed by atoms with van der Waals surface area (Å²) in [7, 11) is 1.27. The van der Waals surface area contributed by atoms with E-state index in [1.54, 1.807) is 32.5 Å². The van der Waals surface area contributed by atoms with Gasteiger partial charge >= 0.3 is 5.97 Å². The van der Waals surface area contributed by atoms with Crippen molar-refractivity contribution in [2.24, 2.45) is 5.92 Å². The number of nitrogens with zero attached hydrogens (tertiary/aromatic N) is 5. The number of methoxy groups -OCH3 is 1. The van der Waals surface area contributed by atoms with Crippen LogP contribution in [0.3, 0.4) is 0 Å². The minimum Gasteiger partial charge on any atom is -0.494 e. The number of aliphatic carboxylic acids is 1. The van der Waals surface area contributed by atoms with E-state index in [0.717, 1.165) is 5.56 Å². The van der Waals surface area contributed by atoms with E-state index >= 15 is 0 Å². The average molecular weight is 634 g/mol. The van der Waals surface area contributed by atoms with E-state index < -0.39 is 23.6 Å². The first kappa shape index (κ1) is 30.9. The van der Waals surface area contributed by atoms with Crippen LogP contribution in [0.4, 0.5) is 20.3 Å². The zero-order valence-corrected chi connectivity index (χ0v) is 25.3. The fourth-order valence-corrected chi connectivity index (χ4v) is 6.09. The van der Waals surface area contributed by atoms with Gasteiger partial charge in [0.2, 0.25) is 11.7 Å². The molecular formula is C32H33F2N7O5. The summed E-state index contributed by atoms with van der Waals surface area (Å²) in [5, 5.41) is 15.4. The van der Waals surface area contributed by atoms with E-state index in [9.17, 15) is 28.3 Å². The number of carbonyl (C=O) groups excluding carboxylic acids is 2. The Morgan fingerprint density at radius 1 is 1.04 bits per heavy atom. The van der Waals surface area contributed by atoms with E-state index in [1.807, 2.05) is 13.0 Å². The van der Waals surface area contributed by atoms with Crippen LogP contribution in [0.25, 0.3) is 16.9 Å². The van der Waals surface area contributed by atoms with Crippen LogP contribution in [0.1, 0.15) is 28.8 Å². The van der Waals surface area contributed by atoms with Gasteiger partial charge in [0.15, 0.2) is 23.0 Å². The molecular weight excluding hydrogens is 600 g/mol. The summed E-state index contributed by atoms with van der Waals surface area (Å²) < 4.78 is 35.7. The van der Waals surface area contributed by atoms with Crippen molar-refractivity contribution in [3.05, 3.63) is 71.7 Å². The van der Waals surface area contributed by atoms with Crippen molar-refractivity contribution in [3.8, 4) is 17.0 Å². The van der Waals surface area contributed by atoms with Crippen LogP contribution in [-0.4, -0.2) is 92.9 Å². The summed E-state index contributed by atoms with van der Waals surface area (Å²) in [5.74, 6) is -3.35. The lowest BCUT2D eigenvalue weighted by molar-refractivity contribution is -0.144. The van der Waals surface area contributed by atoms with Crippen LogP contribution < -0.4 is 15.4 Å². The summed E-state index contributed by atoms with van der Waals surface area (Å²) in [4.78, 5) is 50.0. The highest BCUT2D eigenvalue weighted by atomic mass is 19.2. The van der Waals surface area contributed by atoms with E-state index in [0.29, 0.717) is 67.4 Å². The van der Waals surface area contributed by atoms with Gasteiger partial charge in [-0.05, 0) is 55.7 Å². The lowest BCUT2D eigenvalue weighted by Crippen LogP contribution is -2.57. The number of hydrogen-bond acceptors (Lipinski definition) is 8. The maximum absolute atomic E-state index is 14.8. The second-order valence-corrected chi connectivity index (χ2v) is 11.4.